The summed E-state index contributed by atoms with van der Waals surface area (Å²) in [5.41, 5.74) is 3.34. The fraction of sp³-hybridized carbons (Fsp3) is 0.364. The van der Waals surface area contributed by atoms with Crippen molar-refractivity contribution in [3.63, 3.8) is 0 Å². The normalized spacial score (nSPS) is 11.1. The van der Waals surface area contributed by atoms with E-state index in [4.69, 9.17) is 11.6 Å². The Labute approximate surface area is 88.5 Å². The molecule has 0 spiro atoms. The lowest BCUT2D eigenvalue weighted by Gasteiger charge is -1.99. The highest BCUT2D eigenvalue weighted by molar-refractivity contribution is 6.35. The molecule has 2 nitrogen and oxygen atoms in total. The summed E-state index contributed by atoms with van der Waals surface area (Å²) in [6.07, 6.45) is 0.942. The second-order valence-corrected chi connectivity index (χ2v) is 3.97. The first kappa shape index (κ1) is 9.53. The first-order valence-electron chi connectivity index (χ1n) is 4.75. The minimum atomic E-state index is 0.787. The molecule has 0 atom stereocenters. The topological polar surface area (TPSA) is 17.8 Å². The zero-order chi connectivity index (χ0) is 10.3. The van der Waals surface area contributed by atoms with E-state index in [0.717, 1.165) is 22.7 Å². The third kappa shape index (κ3) is 1.30. The lowest BCUT2D eigenvalue weighted by atomic mass is 10.1. The van der Waals surface area contributed by atoms with Gasteiger partial charge in [0.15, 0.2) is 0 Å². The van der Waals surface area contributed by atoms with Gasteiger partial charge in [-0.3, -0.25) is 4.68 Å². The minimum Gasteiger partial charge on any atom is -0.266 e. The number of hydrogen-bond donors (Lipinski definition) is 0. The van der Waals surface area contributed by atoms with E-state index in [1.54, 1.807) is 0 Å². The Bertz CT molecular complexity index is 485. The number of nitrogens with zero attached hydrogens (tertiary/aromatic N) is 2. The molecular weight excluding hydrogens is 196 g/mol. The molecule has 1 aromatic carbocycles. The Morgan fingerprint density at radius 2 is 2.14 bits per heavy atom. The predicted octanol–water partition coefficient (Wildman–Crippen LogP) is 3.10. The van der Waals surface area contributed by atoms with Crippen LogP contribution in [0.3, 0.4) is 0 Å². The molecule has 1 heterocycles. The summed E-state index contributed by atoms with van der Waals surface area (Å²) in [5.74, 6) is 0. The summed E-state index contributed by atoms with van der Waals surface area (Å²) >= 11 is 6.18. The van der Waals surface area contributed by atoms with E-state index in [1.165, 1.54) is 10.9 Å². The van der Waals surface area contributed by atoms with E-state index in [0.29, 0.717) is 0 Å². The molecule has 0 amide bonds. The summed E-state index contributed by atoms with van der Waals surface area (Å²) in [5, 5.41) is 6.41. The molecule has 2 aromatic rings. The monoisotopic (exact) mass is 208 g/mol. The molecule has 0 unspecified atom stereocenters. The number of aryl methyl sites for hydroxylation is 3. The third-order valence-corrected chi connectivity index (χ3v) is 2.74. The molecule has 0 aliphatic heterocycles. The minimum absolute atomic E-state index is 0.787. The van der Waals surface area contributed by atoms with Crippen molar-refractivity contribution in [3.8, 4) is 0 Å². The summed E-state index contributed by atoms with van der Waals surface area (Å²) in [6.45, 7) is 4.16. The number of fused-ring (bicyclic) bond motifs is 1. The number of hydrogen-bond acceptors (Lipinski definition) is 1. The zero-order valence-corrected chi connectivity index (χ0v) is 9.39. The molecule has 1 aromatic heterocycles. The maximum absolute atomic E-state index is 6.18. The van der Waals surface area contributed by atoms with Gasteiger partial charge in [0.25, 0.3) is 0 Å². The van der Waals surface area contributed by atoms with Gasteiger partial charge in [-0.25, -0.2) is 0 Å². The molecule has 0 radical (unpaired) electrons. The third-order valence-electron chi connectivity index (χ3n) is 2.45. The second kappa shape index (κ2) is 3.28. The summed E-state index contributed by atoms with van der Waals surface area (Å²) < 4.78 is 1.86. The van der Waals surface area contributed by atoms with E-state index in [9.17, 15) is 0 Å². The van der Waals surface area contributed by atoms with E-state index >= 15 is 0 Å². The van der Waals surface area contributed by atoms with Crippen LogP contribution in [0.1, 0.15) is 18.2 Å². The Balaban J connectivity index is 2.89. The second-order valence-electron chi connectivity index (χ2n) is 3.57. The van der Waals surface area contributed by atoms with Crippen LogP contribution in [0.5, 0.6) is 0 Å². The average Bonchev–Trinajstić information content (AvgIpc) is 2.42. The van der Waals surface area contributed by atoms with Gasteiger partial charge in [0, 0.05) is 12.4 Å². The lowest BCUT2D eigenvalue weighted by Crippen LogP contribution is -1.91. The fourth-order valence-corrected chi connectivity index (χ4v) is 2.23. The molecule has 0 N–H and O–H groups in total. The first-order valence-corrected chi connectivity index (χ1v) is 5.13. The van der Waals surface area contributed by atoms with Gasteiger partial charge in [0.05, 0.1) is 16.2 Å². The van der Waals surface area contributed by atoms with Gasteiger partial charge >= 0.3 is 0 Å². The highest BCUT2D eigenvalue weighted by atomic mass is 35.5. The molecule has 2 rings (SSSR count). The molecule has 0 fully saturated rings. The molecular formula is C11H13ClN2. The van der Waals surface area contributed by atoms with Gasteiger partial charge in [-0.15, -0.1) is 0 Å². The van der Waals surface area contributed by atoms with Crippen LogP contribution in [-0.4, -0.2) is 9.78 Å². The Hall–Kier alpha value is -1.02. The summed E-state index contributed by atoms with van der Waals surface area (Å²) in [6, 6.07) is 4.12. The smallest absolute Gasteiger partial charge is 0.0868 e. The molecule has 74 valence electrons. The Morgan fingerprint density at radius 1 is 1.43 bits per heavy atom. The quantitative estimate of drug-likeness (QED) is 0.704. The van der Waals surface area contributed by atoms with Crippen LogP contribution in [0.15, 0.2) is 12.1 Å². The Morgan fingerprint density at radius 3 is 2.79 bits per heavy atom. The van der Waals surface area contributed by atoms with Crippen LogP contribution in [0.25, 0.3) is 10.9 Å². The van der Waals surface area contributed by atoms with Crippen LogP contribution in [0.4, 0.5) is 0 Å². The molecule has 14 heavy (non-hydrogen) atoms. The molecule has 0 saturated carbocycles. The van der Waals surface area contributed by atoms with Crippen molar-refractivity contribution in [2.24, 2.45) is 7.05 Å². The van der Waals surface area contributed by atoms with Gasteiger partial charge in [-0.05, 0) is 31.0 Å². The van der Waals surface area contributed by atoms with Crippen LogP contribution in [0.2, 0.25) is 5.02 Å². The van der Waals surface area contributed by atoms with Crippen molar-refractivity contribution in [1.82, 2.24) is 9.78 Å². The maximum atomic E-state index is 6.18. The van der Waals surface area contributed by atoms with Crippen molar-refractivity contribution in [3.05, 3.63) is 28.4 Å². The van der Waals surface area contributed by atoms with Crippen molar-refractivity contribution >= 4 is 22.5 Å². The van der Waals surface area contributed by atoms with Gasteiger partial charge in [-0.2, -0.15) is 5.10 Å². The van der Waals surface area contributed by atoms with E-state index in [1.807, 2.05) is 17.8 Å². The first-order chi connectivity index (χ1) is 6.63. The highest BCUT2D eigenvalue weighted by Gasteiger charge is 2.10. The van der Waals surface area contributed by atoms with Crippen LogP contribution >= 0.6 is 11.6 Å². The largest absolute Gasteiger partial charge is 0.266 e. The van der Waals surface area contributed by atoms with Gasteiger partial charge < -0.3 is 0 Å². The average molecular weight is 209 g/mol. The summed E-state index contributed by atoms with van der Waals surface area (Å²) in [4.78, 5) is 0. The summed E-state index contributed by atoms with van der Waals surface area (Å²) in [7, 11) is 1.93. The lowest BCUT2D eigenvalue weighted by molar-refractivity contribution is 0.770. The van der Waals surface area contributed by atoms with Crippen molar-refractivity contribution in [2.75, 3.05) is 0 Å². The van der Waals surface area contributed by atoms with E-state index < -0.39 is 0 Å². The van der Waals surface area contributed by atoms with E-state index in [2.05, 4.69) is 25.0 Å². The highest BCUT2D eigenvalue weighted by Crippen LogP contribution is 2.27. The van der Waals surface area contributed by atoms with Crippen molar-refractivity contribution < 1.29 is 0 Å². The maximum Gasteiger partial charge on any atom is 0.0868 e. The van der Waals surface area contributed by atoms with Gasteiger partial charge in [0.1, 0.15) is 0 Å². The SMILES string of the molecule is CCc1nn(C)c2c(Cl)cc(C)cc12. The van der Waals surface area contributed by atoms with Crippen LogP contribution in [-0.2, 0) is 13.5 Å². The number of rotatable bonds is 1. The molecule has 3 heteroatoms. The molecule has 0 bridgehead atoms. The van der Waals surface area contributed by atoms with E-state index in [-0.39, 0.29) is 0 Å². The van der Waals surface area contributed by atoms with Gasteiger partial charge in [-0.1, -0.05) is 18.5 Å². The molecule has 0 aliphatic carbocycles. The van der Waals surface area contributed by atoms with Crippen molar-refractivity contribution in [2.45, 2.75) is 20.3 Å². The number of benzene rings is 1. The number of aromatic nitrogens is 2. The molecule has 0 aliphatic rings. The predicted molar refractivity (Wildman–Crippen MR) is 59.8 cm³/mol. The number of halogens is 1. The fourth-order valence-electron chi connectivity index (χ4n) is 1.83. The Kier molecular flexibility index (Phi) is 2.23. The zero-order valence-electron chi connectivity index (χ0n) is 8.63. The van der Waals surface area contributed by atoms with Crippen LogP contribution < -0.4 is 0 Å². The van der Waals surface area contributed by atoms with Crippen molar-refractivity contribution in [1.29, 1.82) is 0 Å². The van der Waals surface area contributed by atoms with Gasteiger partial charge in [0.2, 0.25) is 0 Å². The molecule has 0 saturated heterocycles. The standard InChI is InChI=1S/C11H13ClN2/c1-4-10-8-5-7(2)6-9(12)11(8)14(3)13-10/h5-6H,4H2,1-3H3. The van der Waals surface area contributed by atoms with Crippen LogP contribution in [0, 0.1) is 6.92 Å².